The lowest BCUT2D eigenvalue weighted by molar-refractivity contribution is 0.349. The minimum absolute atomic E-state index is 0. The standard InChI is InChI=1S/C18H27Cl2N3O2S.HI/c1-17(2,13-6-7-14(19)15(20)10-13)11-22-16(21-5)23-8-9-26(24,25)18(3,4)12-23;/h6-7,10H,8-9,11-12H2,1-5H3,(H,21,22);1H. The predicted molar refractivity (Wildman–Crippen MR) is 126 cm³/mol. The molecular formula is C18H28Cl2IN3O2S. The molecule has 2 rings (SSSR count). The first kappa shape index (κ1) is 24.8. The molecule has 1 heterocycles. The van der Waals surface area contributed by atoms with Crippen molar-refractivity contribution in [3.8, 4) is 0 Å². The van der Waals surface area contributed by atoms with Crippen molar-refractivity contribution >= 4 is 63.0 Å². The second-order valence-corrected chi connectivity index (χ2v) is 11.5. The normalized spacial score (nSPS) is 19.4. The highest BCUT2D eigenvalue weighted by Gasteiger charge is 2.41. The smallest absolute Gasteiger partial charge is 0.193 e. The molecule has 0 aromatic heterocycles. The van der Waals surface area contributed by atoms with Crippen LogP contribution in [0.25, 0.3) is 0 Å². The van der Waals surface area contributed by atoms with Crippen LogP contribution in [0.15, 0.2) is 23.2 Å². The maximum atomic E-state index is 12.2. The van der Waals surface area contributed by atoms with E-state index in [1.807, 2.05) is 17.0 Å². The minimum atomic E-state index is -3.08. The van der Waals surface area contributed by atoms with E-state index in [9.17, 15) is 8.42 Å². The summed E-state index contributed by atoms with van der Waals surface area (Å²) in [4.78, 5) is 6.35. The number of halogens is 3. The number of nitrogens with zero attached hydrogens (tertiary/aromatic N) is 2. The summed E-state index contributed by atoms with van der Waals surface area (Å²) < 4.78 is 23.6. The SMILES string of the molecule is CN=C(NCC(C)(C)c1ccc(Cl)c(Cl)c1)N1CCS(=O)(=O)C(C)(C)C1.I. The highest BCUT2D eigenvalue weighted by Crippen LogP contribution is 2.30. The van der Waals surface area contributed by atoms with E-state index in [-0.39, 0.29) is 35.1 Å². The van der Waals surface area contributed by atoms with Gasteiger partial charge in [-0.3, -0.25) is 4.99 Å². The molecule has 1 fully saturated rings. The summed E-state index contributed by atoms with van der Waals surface area (Å²) in [5.41, 5.74) is 0.859. The summed E-state index contributed by atoms with van der Waals surface area (Å²) in [7, 11) is -1.37. The second-order valence-electron chi connectivity index (χ2n) is 7.91. The predicted octanol–water partition coefficient (Wildman–Crippen LogP) is 3.97. The zero-order chi connectivity index (χ0) is 19.8. The number of benzene rings is 1. The summed E-state index contributed by atoms with van der Waals surface area (Å²) >= 11 is 12.2. The molecule has 1 saturated heterocycles. The molecule has 5 nitrogen and oxygen atoms in total. The third-order valence-corrected chi connectivity index (χ3v) is 8.22. The Balaban J connectivity index is 0.00000364. The van der Waals surface area contributed by atoms with Crippen molar-refractivity contribution < 1.29 is 8.42 Å². The number of rotatable bonds is 3. The molecule has 1 aromatic rings. The molecule has 154 valence electrons. The number of aliphatic imine (C=N–C) groups is 1. The highest BCUT2D eigenvalue weighted by molar-refractivity contribution is 14.0. The van der Waals surface area contributed by atoms with Crippen LogP contribution >= 0.6 is 47.2 Å². The fourth-order valence-electron chi connectivity index (χ4n) is 2.98. The monoisotopic (exact) mass is 547 g/mol. The lowest BCUT2D eigenvalue weighted by atomic mass is 9.84. The summed E-state index contributed by atoms with van der Waals surface area (Å²) in [6, 6.07) is 5.65. The van der Waals surface area contributed by atoms with Crippen LogP contribution in [0.2, 0.25) is 10.0 Å². The highest BCUT2D eigenvalue weighted by atomic mass is 127. The quantitative estimate of drug-likeness (QED) is 0.353. The molecule has 0 aliphatic carbocycles. The van der Waals surface area contributed by atoms with Gasteiger partial charge in [0.15, 0.2) is 15.8 Å². The van der Waals surface area contributed by atoms with Crippen molar-refractivity contribution in [3.05, 3.63) is 33.8 Å². The molecule has 0 unspecified atom stereocenters. The number of guanidine groups is 1. The van der Waals surface area contributed by atoms with E-state index in [1.165, 1.54) is 0 Å². The lowest BCUT2D eigenvalue weighted by Gasteiger charge is -2.40. The molecular weight excluding hydrogens is 520 g/mol. The third-order valence-electron chi connectivity index (χ3n) is 4.94. The largest absolute Gasteiger partial charge is 0.355 e. The fraction of sp³-hybridized carbons (Fsp3) is 0.611. The average Bonchev–Trinajstić information content (AvgIpc) is 2.53. The summed E-state index contributed by atoms with van der Waals surface area (Å²) in [6.07, 6.45) is 0. The van der Waals surface area contributed by atoms with Crippen LogP contribution in [0.3, 0.4) is 0 Å². The van der Waals surface area contributed by atoms with Crippen molar-refractivity contribution in [3.63, 3.8) is 0 Å². The van der Waals surface area contributed by atoms with E-state index in [0.29, 0.717) is 35.6 Å². The molecule has 1 aliphatic heterocycles. The number of hydrogen-bond acceptors (Lipinski definition) is 3. The van der Waals surface area contributed by atoms with Gasteiger partial charge >= 0.3 is 0 Å². The number of sulfone groups is 1. The van der Waals surface area contributed by atoms with Crippen molar-refractivity contribution in [1.82, 2.24) is 10.2 Å². The van der Waals surface area contributed by atoms with E-state index in [0.717, 1.165) is 5.56 Å². The van der Waals surface area contributed by atoms with Crippen LogP contribution < -0.4 is 5.32 Å². The first-order chi connectivity index (χ1) is 11.9. The van der Waals surface area contributed by atoms with Gasteiger partial charge in [0.05, 0.1) is 20.5 Å². The van der Waals surface area contributed by atoms with Gasteiger partial charge in [0.25, 0.3) is 0 Å². The van der Waals surface area contributed by atoms with Gasteiger partial charge in [-0.15, -0.1) is 24.0 Å². The molecule has 9 heteroatoms. The maximum Gasteiger partial charge on any atom is 0.193 e. The summed E-state index contributed by atoms with van der Waals surface area (Å²) in [5, 5.41) is 4.45. The summed E-state index contributed by atoms with van der Waals surface area (Å²) in [5.74, 6) is 0.845. The Morgan fingerprint density at radius 1 is 1.30 bits per heavy atom. The van der Waals surface area contributed by atoms with Crippen LogP contribution in [0.5, 0.6) is 0 Å². The molecule has 0 saturated carbocycles. The molecule has 1 N–H and O–H groups in total. The van der Waals surface area contributed by atoms with Crippen molar-refractivity contribution in [2.24, 2.45) is 4.99 Å². The molecule has 0 spiro atoms. The Morgan fingerprint density at radius 3 is 2.44 bits per heavy atom. The molecule has 0 bridgehead atoms. The maximum absolute atomic E-state index is 12.2. The lowest BCUT2D eigenvalue weighted by Crippen LogP contribution is -2.58. The van der Waals surface area contributed by atoms with Crippen LogP contribution in [0.1, 0.15) is 33.3 Å². The van der Waals surface area contributed by atoms with Gasteiger partial charge in [-0.05, 0) is 31.5 Å². The fourth-order valence-corrected chi connectivity index (χ4v) is 4.64. The van der Waals surface area contributed by atoms with Crippen molar-refractivity contribution in [2.75, 3.05) is 32.4 Å². The van der Waals surface area contributed by atoms with Gasteiger partial charge in [0, 0.05) is 32.1 Å². The Kier molecular flexibility index (Phi) is 8.31. The van der Waals surface area contributed by atoms with Gasteiger partial charge < -0.3 is 10.2 Å². The number of nitrogens with one attached hydrogen (secondary N) is 1. The topological polar surface area (TPSA) is 61.8 Å². The molecule has 0 radical (unpaired) electrons. The van der Waals surface area contributed by atoms with E-state index < -0.39 is 14.6 Å². The first-order valence-corrected chi connectivity index (χ1v) is 10.9. The second kappa shape index (κ2) is 9.05. The van der Waals surface area contributed by atoms with Gasteiger partial charge in [-0.1, -0.05) is 43.1 Å². The minimum Gasteiger partial charge on any atom is -0.355 e. The Labute approximate surface area is 189 Å². The van der Waals surface area contributed by atoms with Crippen LogP contribution in [-0.4, -0.2) is 56.5 Å². The van der Waals surface area contributed by atoms with Crippen molar-refractivity contribution in [2.45, 2.75) is 37.9 Å². The molecule has 1 aromatic carbocycles. The van der Waals surface area contributed by atoms with E-state index >= 15 is 0 Å². The Hall–Kier alpha value is -0.250. The van der Waals surface area contributed by atoms with Crippen LogP contribution in [-0.2, 0) is 15.3 Å². The van der Waals surface area contributed by atoms with Gasteiger partial charge in [-0.25, -0.2) is 8.42 Å². The van der Waals surface area contributed by atoms with Crippen LogP contribution in [0, 0.1) is 0 Å². The molecule has 0 amide bonds. The molecule has 1 aliphatic rings. The van der Waals surface area contributed by atoms with Crippen LogP contribution in [0.4, 0.5) is 0 Å². The van der Waals surface area contributed by atoms with E-state index in [4.69, 9.17) is 23.2 Å². The van der Waals surface area contributed by atoms with Gasteiger partial charge in [0.2, 0.25) is 0 Å². The van der Waals surface area contributed by atoms with E-state index in [2.05, 4.69) is 24.2 Å². The number of hydrogen-bond donors (Lipinski definition) is 1. The Morgan fingerprint density at radius 2 is 1.93 bits per heavy atom. The first-order valence-electron chi connectivity index (χ1n) is 8.53. The van der Waals surface area contributed by atoms with Gasteiger partial charge in [0.1, 0.15) is 0 Å². The third kappa shape index (κ3) is 5.64. The van der Waals surface area contributed by atoms with E-state index in [1.54, 1.807) is 27.0 Å². The molecule has 27 heavy (non-hydrogen) atoms. The van der Waals surface area contributed by atoms with Gasteiger partial charge in [-0.2, -0.15) is 0 Å². The Bertz CT molecular complexity index is 811. The van der Waals surface area contributed by atoms with Crippen molar-refractivity contribution in [1.29, 1.82) is 0 Å². The summed E-state index contributed by atoms with van der Waals surface area (Å²) in [6.45, 7) is 9.24. The zero-order valence-electron chi connectivity index (χ0n) is 16.3. The zero-order valence-corrected chi connectivity index (χ0v) is 21.0. The molecule has 0 atom stereocenters. The average molecular weight is 548 g/mol.